The third kappa shape index (κ3) is 3.69. The summed E-state index contributed by atoms with van der Waals surface area (Å²) in [6.07, 6.45) is 1.56. The van der Waals surface area contributed by atoms with Crippen LogP contribution in [0.1, 0.15) is 15.9 Å². The number of imide groups is 1. The van der Waals surface area contributed by atoms with E-state index >= 15 is 0 Å². The quantitative estimate of drug-likeness (QED) is 0.473. The number of fused-ring (bicyclic) bond motifs is 1. The Balaban J connectivity index is 1.44. The number of amides is 4. The van der Waals surface area contributed by atoms with Crippen molar-refractivity contribution in [3.8, 4) is 11.5 Å². The summed E-state index contributed by atoms with van der Waals surface area (Å²) in [5.74, 6) is -0.0120. The largest absolute Gasteiger partial charge is 0.463 e. The van der Waals surface area contributed by atoms with E-state index in [1.165, 1.54) is 0 Å². The van der Waals surface area contributed by atoms with Gasteiger partial charge in [0.1, 0.15) is 5.69 Å². The number of nitrogens with one attached hydrogen (secondary N) is 2. The number of anilines is 1. The zero-order valence-corrected chi connectivity index (χ0v) is 16.9. The summed E-state index contributed by atoms with van der Waals surface area (Å²) in [6, 6.07) is 19.3. The maximum absolute atomic E-state index is 13.2. The molecule has 1 aliphatic rings. The van der Waals surface area contributed by atoms with Crippen molar-refractivity contribution >= 4 is 34.4 Å². The van der Waals surface area contributed by atoms with E-state index in [-0.39, 0.29) is 24.9 Å². The average Bonchev–Trinajstić information content (AvgIpc) is 3.45. The highest BCUT2D eigenvalue weighted by Gasteiger charge is 2.28. The number of carbonyl (C=O) groups excluding carboxylic acids is 3. The molecule has 2 N–H and O–H groups in total. The maximum Gasteiger partial charge on any atom is 0.324 e. The topological polar surface area (TPSA) is 105 Å². The van der Waals surface area contributed by atoms with E-state index < -0.39 is 6.03 Å². The second-order valence-electron chi connectivity index (χ2n) is 7.34. The van der Waals surface area contributed by atoms with Crippen LogP contribution in [0, 0.1) is 0 Å². The van der Waals surface area contributed by atoms with Crippen molar-refractivity contribution in [3.63, 3.8) is 0 Å². The van der Waals surface area contributed by atoms with Crippen molar-refractivity contribution in [2.75, 3.05) is 11.9 Å². The first kappa shape index (κ1) is 19.5. The normalized spacial score (nSPS) is 13.4. The van der Waals surface area contributed by atoms with Crippen molar-refractivity contribution < 1.29 is 18.8 Å². The standard InChI is InChI=1S/C24H18N4O4/c29-22-13-25-24(31)28(22)14-15-5-3-6-16(11-15)26-23(30)18-12-20(21-9-4-10-32-21)27-19-8-2-1-7-17(18)19/h1-12H,13-14H2,(H,25,31)(H,26,30). The van der Waals surface area contributed by atoms with Gasteiger partial charge in [0.25, 0.3) is 5.91 Å². The average molecular weight is 426 g/mol. The number of nitrogens with zero attached hydrogens (tertiary/aromatic N) is 2. The molecule has 8 heteroatoms. The van der Waals surface area contributed by atoms with Crippen LogP contribution in [0.25, 0.3) is 22.4 Å². The Morgan fingerprint density at radius 2 is 1.94 bits per heavy atom. The third-order valence-corrected chi connectivity index (χ3v) is 5.20. The lowest BCUT2D eigenvalue weighted by Crippen LogP contribution is -2.30. The molecule has 1 saturated heterocycles. The summed E-state index contributed by atoms with van der Waals surface area (Å²) in [7, 11) is 0. The molecule has 0 radical (unpaired) electrons. The fraction of sp³-hybridized carbons (Fsp3) is 0.0833. The van der Waals surface area contributed by atoms with Crippen LogP contribution in [0.4, 0.5) is 10.5 Å². The molecule has 0 saturated carbocycles. The van der Waals surface area contributed by atoms with Gasteiger partial charge in [0.2, 0.25) is 5.91 Å². The van der Waals surface area contributed by atoms with Crippen LogP contribution in [-0.4, -0.2) is 34.3 Å². The Hall–Kier alpha value is -4.46. The molecular formula is C24H18N4O4. The number of pyridine rings is 1. The molecule has 5 rings (SSSR count). The number of urea groups is 1. The number of para-hydroxylation sites is 1. The van der Waals surface area contributed by atoms with Gasteiger partial charge in [-0.15, -0.1) is 0 Å². The summed E-state index contributed by atoms with van der Waals surface area (Å²) in [4.78, 5) is 42.6. The van der Waals surface area contributed by atoms with Crippen LogP contribution >= 0.6 is 0 Å². The molecule has 0 atom stereocenters. The highest BCUT2D eigenvalue weighted by Crippen LogP contribution is 2.26. The SMILES string of the molecule is O=C(Nc1cccc(CN2C(=O)CNC2=O)c1)c1cc(-c2ccco2)nc2ccccc12. The number of hydrogen-bond acceptors (Lipinski definition) is 5. The van der Waals surface area contributed by atoms with Crippen molar-refractivity contribution in [1.29, 1.82) is 0 Å². The fourth-order valence-electron chi connectivity index (χ4n) is 3.66. The number of carbonyl (C=O) groups is 3. The van der Waals surface area contributed by atoms with Crippen molar-refractivity contribution in [2.45, 2.75) is 6.54 Å². The monoisotopic (exact) mass is 426 g/mol. The van der Waals surface area contributed by atoms with Crippen LogP contribution in [0.5, 0.6) is 0 Å². The second-order valence-corrected chi connectivity index (χ2v) is 7.34. The van der Waals surface area contributed by atoms with Crippen LogP contribution in [-0.2, 0) is 11.3 Å². The molecule has 32 heavy (non-hydrogen) atoms. The molecule has 4 aromatic rings. The Bertz CT molecular complexity index is 1330. The van der Waals surface area contributed by atoms with Crippen molar-refractivity contribution in [2.24, 2.45) is 0 Å². The minimum atomic E-state index is -0.418. The van der Waals surface area contributed by atoms with E-state index in [1.807, 2.05) is 24.3 Å². The molecule has 1 fully saturated rings. The molecule has 2 aromatic carbocycles. The van der Waals surface area contributed by atoms with Gasteiger partial charge in [-0.05, 0) is 42.0 Å². The number of aromatic nitrogens is 1. The van der Waals surface area contributed by atoms with Gasteiger partial charge >= 0.3 is 6.03 Å². The van der Waals surface area contributed by atoms with E-state index in [0.717, 1.165) is 15.8 Å². The fourth-order valence-corrected chi connectivity index (χ4v) is 3.66. The number of benzene rings is 2. The number of hydrogen-bond donors (Lipinski definition) is 2. The van der Waals surface area contributed by atoms with Gasteiger partial charge in [-0.3, -0.25) is 14.5 Å². The van der Waals surface area contributed by atoms with E-state index in [2.05, 4.69) is 15.6 Å². The molecule has 0 aliphatic carbocycles. The molecule has 1 aliphatic heterocycles. The van der Waals surface area contributed by atoms with Crippen molar-refractivity contribution in [1.82, 2.24) is 15.2 Å². The van der Waals surface area contributed by atoms with Gasteiger partial charge in [0.15, 0.2) is 5.76 Å². The lowest BCUT2D eigenvalue weighted by Gasteiger charge is -2.14. The van der Waals surface area contributed by atoms with Crippen LogP contribution < -0.4 is 10.6 Å². The summed E-state index contributed by atoms with van der Waals surface area (Å²) in [5, 5.41) is 6.12. The second kappa shape index (κ2) is 7.99. The van der Waals surface area contributed by atoms with E-state index in [9.17, 15) is 14.4 Å². The van der Waals surface area contributed by atoms with Crippen LogP contribution in [0.2, 0.25) is 0 Å². The Morgan fingerprint density at radius 3 is 2.72 bits per heavy atom. The lowest BCUT2D eigenvalue weighted by atomic mass is 10.1. The molecular weight excluding hydrogens is 408 g/mol. The van der Waals surface area contributed by atoms with Crippen LogP contribution in [0.15, 0.2) is 77.4 Å². The van der Waals surface area contributed by atoms with Crippen LogP contribution in [0.3, 0.4) is 0 Å². The zero-order chi connectivity index (χ0) is 22.1. The molecule has 3 heterocycles. The highest BCUT2D eigenvalue weighted by molar-refractivity contribution is 6.13. The van der Waals surface area contributed by atoms with Crippen molar-refractivity contribution in [3.05, 3.63) is 84.1 Å². The van der Waals surface area contributed by atoms with Gasteiger partial charge in [0, 0.05) is 11.1 Å². The number of furan rings is 1. The summed E-state index contributed by atoms with van der Waals surface area (Å²) in [5.41, 5.74) is 2.98. The first-order valence-electron chi connectivity index (χ1n) is 10.0. The highest BCUT2D eigenvalue weighted by atomic mass is 16.3. The summed E-state index contributed by atoms with van der Waals surface area (Å²) < 4.78 is 5.46. The molecule has 4 amide bonds. The lowest BCUT2D eigenvalue weighted by molar-refractivity contribution is -0.125. The van der Waals surface area contributed by atoms with E-state index in [4.69, 9.17) is 4.42 Å². The van der Waals surface area contributed by atoms with Gasteiger partial charge in [0.05, 0.1) is 30.4 Å². The Kier molecular flexibility index (Phi) is 4.87. The number of rotatable bonds is 5. The van der Waals surface area contributed by atoms with Gasteiger partial charge in [-0.2, -0.15) is 0 Å². The molecule has 8 nitrogen and oxygen atoms in total. The summed E-state index contributed by atoms with van der Waals surface area (Å²) >= 11 is 0. The van der Waals surface area contributed by atoms with Gasteiger partial charge in [-0.1, -0.05) is 30.3 Å². The minimum absolute atomic E-state index is 0.00236. The molecule has 2 aromatic heterocycles. The predicted octanol–water partition coefficient (Wildman–Crippen LogP) is 3.80. The molecule has 0 spiro atoms. The van der Waals surface area contributed by atoms with E-state index in [1.54, 1.807) is 48.7 Å². The Labute approximate surface area is 182 Å². The maximum atomic E-state index is 13.2. The smallest absolute Gasteiger partial charge is 0.324 e. The molecule has 0 unspecified atom stereocenters. The van der Waals surface area contributed by atoms with Gasteiger partial charge in [-0.25, -0.2) is 9.78 Å². The third-order valence-electron chi connectivity index (χ3n) is 5.20. The Morgan fingerprint density at radius 1 is 1.06 bits per heavy atom. The zero-order valence-electron chi connectivity index (χ0n) is 16.9. The molecule has 0 bridgehead atoms. The van der Waals surface area contributed by atoms with E-state index in [0.29, 0.717) is 28.2 Å². The first-order chi connectivity index (χ1) is 15.6. The molecule has 158 valence electrons. The first-order valence-corrected chi connectivity index (χ1v) is 10.0. The minimum Gasteiger partial charge on any atom is -0.463 e. The summed E-state index contributed by atoms with van der Waals surface area (Å²) in [6.45, 7) is 0.136. The van der Waals surface area contributed by atoms with Gasteiger partial charge < -0.3 is 15.1 Å². The predicted molar refractivity (Wildman–Crippen MR) is 118 cm³/mol.